The van der Waals surface area contributed by atoms with Crippen LogP contribution in [0.3, 0.4) is 0 Å². The van der Waals surface area contributed by atoms with E-state index in [1.165, 1.54) is 6.20 Å². The standard InChI is InChI=1S/C21H32N4O3S/c1-15(2)20(23-3)19(13-22)24-18-7-5-16(6-8-18)14-25(4)21(26)17-9-11-29(27,28)12-10-17/h5-8,13,15,17,24H,9-12,14,22H2,1-4H3. The van der Waals surface area contributed by atoms with Crippen molar-refractivity contribution in [3.05, 3.63) is 41.7 Å². The van der Waals surface area contributed by atoms with Gasteiger partial charge in [-0.2, -0.15) is 0 Å². The fourth-order valence-corrected chi connectivity index (χ4v) is 5.02. The minimum absolute atomic E-state index is 0.0104. The molecule has 0 bridgehead atoms. The number of nitrogens with two attached hydrogens (primary N) is 1. The third-order valence-corrected chi connectivity index (χ3v) is 6.88. The average Bonchev–Trinajstić information content (AvgIpc) is 2.68. The molecule has 1 fully saturated rings. The van der Waals surface area contributed by atoms with Crippen LogP contribution in [0.4, 0.5) is 5.69 Å². The van der Waals surface area contributed by atoms with E-state index < -0.39 is 9.84 Å². The number of carbonyl (C=O) groups is 1. The Balaban J connectivity index is 1.97. The van der Waals surface area contributed by atoms with Gasteiger partial charge in [-0.25, -0.2) is 8.42 Å². The van der Waals surface area contributed by atoms with Crippen LogP contribution in [-0.2, 0) is 21.2 Å². The Bertz CT molecular complexity index is 860. The summed E-state index contributed by atoms with van der Waals surface area (Å²) in [6.45, 7) is 4.60. The van der Waals surface area contributed by atoms with Crippen molar-refractivity contribution >= 4 is 27.1 Å². The molecule has 0 saturated carbocycles. The zero-order valence-corrected chi connectivity index (χ0v) is 18.5. The maximum Gasteiger partial charge on any atom is 0.225 e. The lowest BCUT2D eigenvalue weighted by atomic mass is 10.0. The van der Waals surface area contributed by atoms with Crippen LogP contribution in [-0.4, -0.2) is 50.5 Å². The van der Waals surface area contributed by atoms with Gasteiger partial charge in [0.15, 0.2) is 0 Å². The topological polar surface area (TPSA) is 105 Å². The number of benzene rings is 1. The van der Waals surface area contributed by atoms with Gasteiger partial charge in [-0.3, -0.25) is 9.79 Å². The van der Waals surface area contributed by atoms with E-state index in [9.17, 15) is 13.2 Å². The molecule has 0 spiro atoms. The number of rotatable bonds is 7. The molecule has 0 unspecified atom stereocenters. The molecule has 1 aromatic carbocycles. The van der Waals surface area contributed by atoms with E-state index >= 15 is 0 Å². The van der Waals surface area contributed by atoms with E-state index in [2.05, 4.69) is 24.2 Å². The normalized spacial score (nSPS) is 18.0. The molecule has 1 aliphatic heterocycles. The van der Waals surface area contributed by atoms with Crippen LogP contribution < -0.4 is 11.1 Å². The van der Waals surface area contributed by atoms with Crippen LogP contribution in [0.1, 0.15) is 32.3 Å². The second-order valence-corrected chi connectivity index (χ2v) is 10.1. The van der Waals surface area contributed by atoms with Crippen molar-refractivity contribution < 1.29 is 13.2 Å². The van der Waals surface area contributed by atoms with Crippen LogP contribution in [0.5, 0.6) is 0 Å². The lowest BCUT2D eigenvalue weighted by Crippen LogP contribution is -2.37. The molecule has 7 nitrogen and oxygen atoms in total. The van der Waals surface area contributed by atoms with Gasteiger partial charge in [0.2, 0.25) is 5.91 Å². The zero-order valence-electron chi connectivity index (χ0n) is 17.7. The second-order valence-electron chi connectivity index (χ2n) is 7.79. The summed E-state index contributed by atoms with van der Waals surface area (Å²) in [5, 5.41) is 3.29. The average molecular weight is 421 g/mol. The first-order valence-corrected chi connectivity index (χ1v) is 11.7. The fourth-order valence-electron chi connectivity index (χ4n) is 3.53. The van der Waals surface area contributed by atoms with Crippen molar-refractivity contribution in [1.82, 2.24) is 4.90 Å². The Hall–Kier alpha value is -2.35. The quantitative estimate of drug-likeness (QED) is 0.659. The van der Waals surface area contributed by atoms with E-state index in [4.69, 9.17) is 5.73 Å². The van der Waals surface area contributed by atoms with Crippen molar-refractivity contribution in [2.45, 2.75) is 33.2 Å². The third-order valence-electron chi connectivity index (χ3n) is 5.16. The van der Waals surface area contributed by atoms with Gasteiger partial charge in [0.25, 0.3) is 0 Å². The van der Waals surface area contributed by atoms with E-state index in [-0.39, 0.29) is 29.2 Å². The Labute approximate surface area is 174 Å². The fraction of sp³-hybridized carbons (Fsp3) is 0.524. The molecule has 8 heteroatoms. The third kappa shape index (κ3) is 6.32. The number of anilines is 1. The summed E-state index contributed by atoms with van der Waals surface area (Å²) in [6.07, 6.45) is 2.35. The number of sulfone groups is 1. The SMILES string of the molecule is CN=C(C(=CN)Nc1ccc(CN(C)C(=O)C2CCS(=O)(=O)CC2)cc1)C(C)C. The predicted octanol–water partition coefficient (Wildman–Crippen LogP) is 2.41. The minimum atomic E-state index is -2.96. The van der Waals surface area contributed by atoms with Crippen molar-refractivity contribution in [3.8, 4) is 0 Å². The van der Waals surface area contributed by atoms with Crippen molar-refractivity contribution in [2.24, 2.45) is 22.6 Å². The van der Waals surface area contributed by atoms with Crippen LogP contribution >= 0.6 is 0 Å². The molecule has 1 aliphatic rings. The smallest absolute Gasteiger partial charge is 0.225 e. The Morgan fingerprint density at radius 1 is 1.28 bits per heavy atom. The molecule has 160 valence electrons. The number of hydrogen-bond donors (Lipinski definition) is 2. The van der Waals surface area contributed by atoms with E-state index in [0.717, 1.165) is 22.7 Å². The summed E-state index contributed by atoms with van der Waals surface area (Å²) in [5.74, 6) is 0.263. The molecule has 1 saturated heterocycles. The van der Waals surface area contributed by atoms with E-state index in [0.29, 0.717) is 19.4 Å². The number of hydrogen-bond acceptors (Lipinski definition) is 6. The van der Waals surface area contributed by atoms with Gasteiger partial charge in [0.05, 0.1) is 22.9 Å². The van der Waals surface area contributed by atoms with Crippen molar-refractivity contribution in [1.29, 1.82) is 0 Å². The Morgan fingerprint density at radius 3 is 2.34 bits per heavy atom. The highest BCUT2D eigenvalue weighted by molar-refractivity contribution is 7.91. The van der Waals surface area contributed by atoms with E-state index in [1.54, 1.807) is 19.0 Å². The van der Waals surface area contributed by atoms with Crippen LogP contribution in [0.25, 0.3) is 0 Å². The number of amides is 1. The maximum absolute atomic E-state index is 12.6. The summed E-state index contributed by atoms with van der Waals surface area (Å²) in [5.41, 5.74) is 9.33. The van der Waals surface area contributed by atoms with Gasteiger partial charge in [0.1, 0.15) is 9.84 Å². The van der Waals surface area contributed by atoms with E-state index in [1.807, 2.05) is 24.3 Å². The molecule has 1 heterocycles. The first-order chi connectivity index (χ1) is 13.7. The van der Waals surface area contributed by atoms with Gasteiger partial charge >= 0.3 is 0 Å². The van der Waals surface area contributed by atoms with Crippen molar-refractivity contribution in [2.75, 3.05) is 30.9 Å². The minimum Gasteiger partial charge on any atom is -0.403 e. The molecule has 29 heavy (non-hydrogen) atoms. The lowest BCUT2D eigenvalue weighted by molar-refractivity contribution is -0.135. The number of allylic oxidation sites excluding steroid dienone is 1. The molecule has 0 aromatic heterocycles. The van der Waals surface area contributed by atoms with Crippen LogP contribution in [0.2, 0.25) is 0 Å². The predicted molar refractivity (Wildman–Crippen MR) is 118 cm³/mol. The summed E-state index contributed by atoms with van der Waals surface area (Å²) in [4.78, 5) is 18.6. The highest BCUT2D eigenvalue weighted by Crippen LogP contribution is 2.22. The van der Waals surface area contributed by atoms with Crippen LogP contribution in [0, 0.1) is 11.8 Å². The molecule has 0 atom stereocenters. The van der Waals surface area contributed by atoms with Gasteiger partial charge in [0, 0.05) is 38.4 Å². The van der Waals surface area contributed by atoms with Gasteiger partial charge in [-0.15, -0.1) is 0 Å². The van der Waals surface area contributed by atoms with Gasteiger partial charge in [-0.1, -0.05) is 26.0 Å². The summed E-state index contributed by atoms with van der Waals surface area (Å²) >= 11 is 0. The molecule has 0 aliphatic carbocycles. The summed E-state index contributed by atoms with van der Waals surface area (Å²) in [6, 6.07) is 7.81. The molecular weight excluding hydrogens is 388 g/mol. The number of carbonyl (C=O) groups excluding carboxylic acids is 1. The highest BCUT2D eigenvalue weighted by atomic mass is 32.2. The molecule has 1 aromatic rings. The summed E-state index contributed by atoms with van der Waals surface area (Å²) in [7, 11) is 0.548. The largest absolute Gasteiger partial charge is 0.403 e. The number of aliphatic imine (C=N–C) groups is 1. The van der Waals surface area contributed by atoms with Crippen LogP contribution in [0.15, 0.2) is 41.2 Å². The first-order valence-electron chi connectivity index (χ1n) is 9.87. The zero-order chi connectivity index (χ0) is 21.6. The molecule has 0 radical (unpaired) electrons. The number of nitrogens with zero attached hydrogens (tertiary/aromatic N) is 2. The monoisotopic (exact) mass is 420 g/mol. The number of nitrogens with one attached hydrogen (secondary N) is 1. The van der Waals surface area contributed by atoms with Gasteiger partial charge < -0.3 is 16.0 Å². The second kappa shape index (κ2) is 9.91. The molecule has 2 rings (SSSR count). The first kappa shape index (κ1) is 22.9. The van der Waals surface area contributed by atoms with Crippen molar-refractivity contribution in [3.63, 3.8) is 0 Å². The highest BCUT2D eigenvalue weighted by Gasteiger charge is 2.30. The maximum atomic E-state index is 12.6. The molecule has 1 amide bonds. The molecule has 3 N–H and O–H groups in total. The van der Waals surface area contributed by atoms with Gasteiger partial charge in [-0.05, 0) is 36.5 Å². The Morgan fingerprint density at radius 2 is 1.86 bits per heavy atom. The summed E-state index contributed by atoms with van der Waals surface area (Å²) < 4.78 is 23.1. The lowest BCUT2D eigenvalue weighted by Gasteiger charge is -2.26. The molecular formula is C21H32N4O3S. The Kier molecular flexibility index (Phi) is 7.84.